The summed E-state index contributed by atoms with van der Waals surface area (Å²) in [4.78, 5) is 13.9. The van der Waals surface area contributed by atoms with Gasteiger partial charge in [-0.3, -0.25) is 4.79 Å². The summed E-state index contributed by atoms with van der Waals surface area (Å²) in [5.41, 5.74) is -0.675. The molecule has 0 aromatic carbocycles. The summed E-state index contributed by atoms with van der Waals surface area (Å²) in [6, 6.07) is 0.460. The number of nitrogens with one attached hydrogen (secondary N) is 1. The molecule has 3 unspecified atom stereocenters. The van der Waals surface area contributed by atoms with Crippen LogP contribution >= 0.6 is 0 Å². The van der Waals surface area contributed by atoms with Gasteiger partial charge in [-0.25, -0.2) is 0 Å². The fourth-order valence-corrected chi connectivity index (χ4v) is 3.42. The van der Waals surface area contributed by atoms with E-state index in [-0.39, 0.29) is 0 Å². The molecule has 0 amide bonds. The zero-order valence-electron chi connectivity index (χ0n) is 10.9. The highest BCUT2D eigenvalue weighted by atomic mass is 16.4. The fraction of sp³-hybridized carbons (Fsp3) is 0.923. The minimum Gasteiger partial charge on any atom is -0.480 e. The summed E-state index contributed by atoms with van der Waals surface area (Å²) in [6.45, 7) is 4.59. The molecule has 2 N–H and O–H groups in total. The van der Waals surface area contributed by atoms with E-state index in [1.807, 2.05) is 0 Å². The molecule has 1 saturated carbocycles. The Labute approximate surface area is 103 Å². The van der Waals surface area contributed by atoms with Gasteiger partial charge in [-0.2, -0.15) is 0 Å². The van der Waals surface area contributed by atoms with Gasteiger partial charge in [-0.1, -0.05) is 6.92 Å². The quantitative estimate of drug-likeness (QED) is 0.781. The molecule has 0 spiro atoms. The highest BCUT2D eigenvalue weighted by Crippen LogP contribution is 2.35. The Morgan fingerprint density at radius 1 is 1.47 bits per heavy atom. The van der Waals surface area contributed by atoms with Gasteiger partial charge in [0.25, 0.3) is 0 Å². The number of hydrogen-bond donors (Lipinski definition) is 2. The zero-order chi connectivity index (χ0) is 12.5. The molecule has 2 aliphatic rings. The molecule has 0 bridgehead atoms. The van der Waals surface area contributed by atoms with Crippen molar-refractivity contribution in [3.05, 3.63) is 0 Å². The maximum atomic E-state index is 11.4. The summed E-state index contributed by atoms with van der Waals surface area (Å²) in [5, 5.41) is 12.4. The molecule has 2 rings (SSSR count). The third-order valence-electron chi connectivity index (χ3n) is 4.58. The monoisotopic (exact) mass is 240 g/mol. The van der Waals surface area contributed by atoms with Gasteiger partial charge in [0.1, 0.15) is 5.54 Å². The van der Waals surface area contributed by atoms with Crippen LogP contribution in [-0.2, 0) is 4.79 Å². The van der Waals surface area contributed by atoms with E-state index in [0.29, 0.717) is 6.04 Å². The van der Waals surface area contributed by atoms with E-state index >= 15 is 0 Å². The Morgan fingerprint density at radius 3 is 2.76 bits per heavy atom. The van der Waals surface area contributed by atoms with Crippen LogP contribution in [0.3, 0.4) is 0 Å². The number of likely N-dealkylation sites (N-methyl/N-ethyl adjacent to an activating group) is 1. The first kappa shape index (κ1) is 12.8. The second kappa shape index (κ2) is 4.94. The molecule has 1 aliphatic heterocycles. The van der Waals surface area contributed by atoms with Gasteiger partial charge in [0.15, 0.2) is 0 Å². The Bertz CT molecular complexity index is 295. The number of rotatable bonds is 3. The van der Waals surface area contributed by atoms with Crippen molar-refractivity contribution in [1.29, 1.82) is 0 Å². The SMILES string of the molecule is CNC1(C(=O)O)CCC(N2CCCC(C)C2)C1. The Morgan fingerprint density at radius 2 is 2.24 bits per heavy atom. The maximum absolute atomic E-state index is 11.4. The molecule has 1 heterocycles. The van der Waals surface area contributed by atoms with E-state index < -0.39 is 11.5 Å². The lowest BCUT2D eigenvalue weighted by Crippen LogP contribution is -2.50. The molecule has 0 aromatic heterocycles. The molecular formula is C13H24N2O2. The average molecular weight is 240 g/mol. The van der Waals surface area contributed by atoms with Crippen LogP contribution in [-0.4, -0.2) is 47.7 Å². The molecular weight excluding hydrogens is 216 g/mol. The molecule has 98 valence electrons. The molecule has 17 heavy (non-hydrogen) atoms. The van der Waals surface area contributed by atoms with Gasteiger partial charge in [0.2, 0.25) is 0 Å². The molecule has 4 heteroatoms. The first-order valence-electron chi connectivity index (χ1n) is 6.74. The number of nitrogens with zero attached hydrogens (tertiary/aromatic N) is 1. The van der Waals surface area contributed by atoms with Gasteiger partial charge in [0, 0.05) is 12.6 Å². The van der Waals surface area contributed by atoms with Gasteiger partial charge in [0.05, 0.1) is 0 Å². The Hall–Kier alpha value is -0.610. The van der Waals surface area contributed by atoms with Crippen LogP contribution < -0.4 is 5.32 Å². The van der Waals surface area contributed by atoms with E-state index in [9.17, 15) is 9.90 Å². The van der Waals surface area contributed by atoms with Crippen molar-refractivity contribution in [3.63, 3.8) is 0 Å². The van der Waals surface area contributed by atoms with Crippen LogP contribution in [0.4, 0.5) is 0 Å². The van der Waals surface area contributed by atoms with Gasteiger partial charge in [-0.15, -0.1) is 0 Å². The van der Waals surface area contributed by atoms with E-state index in [2.05, 4.69) is 17.1 Å². The van der Waals surface area contributed by atoms with Gasteiger partial charge in [-0.05, 0) is 51.6 Å². The van der Waals surface area contributed by atoms with Gasteiger partial charge < -0.3 is 15.3 Å². The number of carboxylic acids is 1. The van der Waals surface area contributed by atoms with Crippen molar-refractivity contribution in [2.45, 2.75) is 50.6 Å². The Kier molecular flexibility index (Phi) is 3.73. The summed E-state index contributed by atoms with van der Waals surface area (Å²) in [7, 11) is 1.77. The smallest absolute Gasteiger partial charge is 0.323 e. The van der Waals surface area contributed by atoms with Crippen molar-refractivity contribution in [2.75, 3.05) is 20.1 Å². The number of likely N-dealkylation sites (tertiary alicyclic amines) is 1. The van der Waals surface area contributed by atoms with Crippen LogP contribution in [0.1, 0.15) is 39.0 Å². The van der Waals surface area contributed by atoms with Crippen LogP contribution in [0.2, 0.25) is 0 Å². The minimum absolute atomic E-state index is 0.460. The van der Waals surface area contributed by atoms with Crippen LogP contribution in [0, 0.1) is 5.92 Å². The van der Waals surface area contributed by atoms with E-state index in [1.54, 1.807) is 7.05 Å². The van der Waals surface area contributed by atoms with Crippen LogP contribution in [0.5, 0.6) is 0 Å². The second-order valence-corrected chi connectivity index (χ2v) is 5.78. The first-order valence-corrected chi connectivity index (χ1v) is 6.74. The van der Waals surface area contributed by atoms with E-state index in [4.69, 9.17) is 0 Å². The van der Waals surface area contributed by atoms with E-state index in [0.717, 1.165) is 38.3 Å². The summed E-state index contributed by atoms with van der Waals surface area (Å²) in [6.07, 6.45) is 5.11. The normalized spacial score (nSPS) is 39.4. The largest absolute Gasteiger partial charge is 0.480 e. The number of carboxylic acid groups (broad SMARTS) is 1. The fourth-order valence-electron chi connectivity index (χ4n) is 3.42. The molecule has 1 aliphatic carbocycles. The predicted octanol–water partition coefficient (Wildman–Crippen LogP) is 1.31. The molecule has 4 nitrogen and oxygen atoms in total. The summed E-state index contributed by atoms with van der Waals surface area (Å²) in [5.74, 6) is 0.0747. The highest BCUT2D eigenvalue weighted by Gasteiger charge is 2.46. The molecule has 2 fully saturated rings. The number of carbonyl (C=O) groups is 1. The molecule has 0 aromatic rings. The topological polar surface area (TPSA) is 52.6 Å². The lowest BCUT2D eigenvalue weighted by atomic mass is 9.95. The van der Waals surface area contributed by atoms with E-state index in [1.165, 1.54) is 12.8 Å². The standard InChI is InChI=1S/C13H24N2O2/c1-10-4-3-7-15(9-10)11-5-6-13(8-11,14-2)12(16)17/h10-11,14H,3-9H2,1-2H3,(H,16,17). The van der Waals surface area contributed by atoms with Crippen molar-refractivity contribution < 1.29 is 9.90 Å². The number of hydrogen-bond acceptors (Lipinski definition) is 3. The Balaban J connectivity index is 1.99. The van der Waals surface area contributed by atoms with Crippen LogP contribution in [0.25, 0.3) is 0 Å². The summed E-state index contributed by atoms with van der Waals surface area (Å²) < 4.78 is 0. The minimum atomic E-state index is -0.687. The summed E-state index contributed by atoms with van der Waals surface area (Å²) >= 11 is 0. The third-order valence-corrected chi connectivity index (χ3v) is 4.58. The predicted molar refractivity (Wildman–Crippen MR) is 67.0 cm³/mol. The lowest BCUT2D eigenvalue weighted by molar-refractivity contribution is -0.144. The zero-order valence-corrected chi connectivity index (χ0v) is 10.9. The molecule has 1 saturated heterocycles. The molecule has 0 radical (unpaired) electrons. The number of aliphatic carboxylic acids is 1. The average Bonchev–Trinajstić information content (AvgIpc) is 2.74. The van der Waals surface area contributed by atoms with Crippen molar-refractivity contribution in [3.8, 4) is 0 Å². The lowest BCUT2D eigenvalue weighted by Gasteiger charge is -2.36. The third kappa shape index (κ3) is 2.47. The second-order valence-electron chi connectivity index (χ2n) is 5.78. The van der Waals surface area contributed by atoms with Crippen molar-refractivity contribution >= 4 is 5.97 Å². The van der Waals surface area contributed by atoms with Gasteiger partial charge >= 0.3 is 5.97 Å². The van der Waals surface area contributed by atoms with Crippen molar-refractivity contribution in [1.82, 2.24) is 10.2 Å². The van der Waals surface area contributed by atoms with Crippen LogP contribution in [0.15, 0.2) is 0 Å². The molecule has 3 atom stereocenters. The number of piperidine rings is 1. The highest BCUT2D eigenvalue weighted by molar-refractivity contribution is 5.79. The van der Waals surface area contributed by atoms with Crippen molar-refractivity contribution in [2.24, 2.45) is 5.92 Å². The maximum Gasteiger partial charge on any atom is 0.323 e. The first-order chi connectivity index (χ1) is 8.07.